The number of halogens is 1. The fraction of sp³-hybridized carbons (Fsp3) is 0.421. The molecule has 1 aromatic carbocycles. The summed E-state index contributed by atoms with van der Waals surface area (Å²) in [5.41, 5.74) is 1.68. The van der Waals surface area contributed by atoms with Gasteiger partial charge in [-0.2, -0.15) is 0 Å². The molecule has 8 heteroatoms. The van der Waals surface area contributed by atoms with E-state index in [1.807, 2.05) is 45.0 Å². The van der Waals surface area contributed by atoms with Gasteiger partial charge in [-0.05, 0) is 23.5 Å². The monoisotopic (exact) mass is 394 g/mol. The Labute approximate surface area is 162 Å². The number of carbonyl (C=O) groups is 3. The minimum absolute atomic E-state index is 0.0882. The molecular weight excluding hydrogens is 371 g/mol. The summed E-state index contributed by atoms with van der Waals surface area (Å²) in [6.07, 6.45) is -1.72. The van der Waals surface area contributed by atoms with E-state index in [0.29, 0.717) is 34.9 Å². The van der Waals surface area contributed by atoms with Crippen molar-refractivity contribution in [2.75, 3.05) is 14.1 Å². The van der Waals surface area contributed by atoms with Crippen molar-refractivity contribution in [2.24, 2.45) is 5.41 Å². The number of ketones is 1. The van der Waals surface area contributed by atoms with E-state index in [1.54, 1.807) is 0 Å². The van der Waals surface area contributed by atoms with E-state index < -0.39 is 12.3 Å². The largest absolute Gasteiger partial charge is 0.426 e. The van der Waals surface area contributed by atoms with Crippen molar-refractivity contribution in [3.05, 3.63) is 41.2 Å². The standard InChI is InChI=1S/C19H23FN2O4S/c1-12-8-6-7-9-13(12)16-14(23)10-19(2,3)11-15(16)26-18(25)22(5)27-21(4)17(20)24/h6-9H,10-11H2,1-5H3. The van der Waals surface area contributed by atoms with Gasteiger partial charge in [-0.1, -0.05) is 38.1 Å². The quantitative estimate of drug-likeness (QED) is 0.419. The number of allylic oxidation sites excluding steroid dienone is 2. The first-order chi connectivity index (χ1) is 12.5. The lowest BCUT2D eigenvalue weighted by molar-refractivity contribution is -0.116. The number of nitrogens with zero attached hydrogens (tertiary/aromatic N) is 2. The van der Waals surface area contributed by atoms with Crippen LogP contribution in [0.25, 0.3) is 5.57 Å². The van der Waals surface area contributed by atoms with E-state index in [9.17, 15) is 18.8 Å². The topological polar surface area (TPSA) is 66.9 Å². The van der Waals surface area contributed by atoms with Crippen LogP contribution in [-0.4, -0.2) is 40.7 Å². The molecule has 1 aliphatic carbocycles. The van der Waals surface area contributed by atoms with E-state index in [2.05, 4.69) is 0 Å². The van der Waals surface area contributed by atoms with Crippen molar-refractivity contribution < 1.29 is 23.5 Å². The van der Waals surface area contributed by atoms with Crippen LogP contribution in [0.3, 0.4) is 0 Å². The predicted molar refractivity (Wildman–Crippen MR) is 102 cm³/mol. The second kappa shape index (κ2) is 8.12. The van der Waals surface area contributed by atoms with Gasteiger partial charge in [0.1, 0.15) is 5.76 Å². The highest BCUT2D eigenvalue weighted by molar-refractivity contribution is 7.95. The Bertz CT molecular complexity index is 807. The van der Waals surface area contributed by atoms with Crippen molar-refractivity contribution in [1.29, 1.82) is 0 Å². The molecule has 0 aromatic heterocycles. The van der Waals surface area contributed by atoms with Gasteiger partial charge in [0.05, 0.1) is 17.7 Å². The fourth-order valence-electron chi connectivity index (χ4n) is 2.92. The maximum atomic E-state index is 12.8. The molecule has 0 saturated heterocycles. The summed E-state index contributed by atoms with van der Waals surface area (Å²) >= 11 is 0.565. The van der Waals surface area contributed by atoms with Crippen LogP contribution in [0.15, 0.2) is 30.0 Å². The molecule has 1 aliphatic rings. The Kier molecular flexibility index (Phi) is 6.30. The lowest BCUT2D eigenvalue weighted by Gasteiger charge is -2.32. The molecule has 6 nitrogen and oxygen atoms in total. The van der Waals surface area contributed by atoms with Crippen molar-refractivity contribution in [2.45, 2.75) is 33.6 Å². The summed E-state index contributed by atoms with van der Waals surface area (Å²) in [6, 6.07) is 7.41. The van der Waals surface area contributed by atoms with Gasteiger partial charge in [-0.3, -0.25) is 4.79 Å². The molecule has 0 spiro atoms. The third kappa shape index (κ3) is 5.09. The molecule has 2 amide bonds. The van der Waals surface area contributed by atoms with Crippen molar-refractivity contribution in [3.8, 4) is 0 Å². The molecule has 0 N–H and O–H groups in total. The fourth-order valence-corrected chi connectivity index (χ4v) is 3.46. The first kappa shape index (κ1) is 21.0. The highest BCUT2D eigenvalue weighted by atomic mass is 32.2. The number of rotatable bonds is 4. The molecule has 0 saturated carbocycles. The van der Waals surface area contributed by atoms with Gasteiger partial charge >= 0.3 is 12.3 Å². The van der Waals surface area contributed by atoms with Crippen molar-refractivity contribution >= 4 is 35.7 Å². The second-order valence-electron chi connectivity index (χ2n) is 7.25. The van der Waals surface area contributed by atoms with Crippen LogP contribution < -0.4 is 0 Å². The Hall–Kier alpha value is -2.35. The maximum absolute atomic E-state index is 12.8. The van der Waals surface area contributed by atoms with Gasteiger partial charge in [-0.25, -0.2) is 18.2 Å². The molecule has 2 rings (SSSR count). The van der Waals surface area contributed by atoms with Crippen molar-refractivity contribution in [3.63, 3.8) is 0 Å². The number of aryl methyl sites for hydroxylation is 1. The molecule has 0 atom stereocenters. The van der Waals surface area contributed by atoms with E-state index in [4.69, 9.17) is 4.74 Å². The molecule has 0 fully saturated rings. The van der Waals surface area contributed by atoms with E-state index in [1.165, 1.54) is 14.1 Å². The maximum Gasteiger partial charge on any atom is 0.426 e. The van der Waals surface area contributed by atoms with Gasteiger partial charge < -0.3 is 4.74 Å². The SMILES string of the molecule is Cc1ccccc1C1=C(OC(=O)N(C)SN(C)C(=O)F)CC(C)(C)CC1=O. The zero-order valence-electron chi connectivity index (χ0n) is 16.0. The average molecular weight is 394 g/mol. The molecule has 0 bridgehead atoms. The number of ether oxygens (including phenoxy) is 1. The van der Waals surface area contributed by atoms with Crippen LogP contribution in [0.4, 0.5) is 14.0 Å². The van der Waals surface area contributed by atoms with Crippen molar-refractivity contribution in [1.82, 2.24) is 8.61 Å². The molecule has 0 radical (unpaired) electrons. The lowest BCUT2D eigenvalue weighted by Crippen LogP contribution is -2.31. The minimum Gasteiger partial charge on any atom is -0.413 e. The van der Waals surface area contributed by atoms with Crippen LogP contribution in [-0.2, 0) is 9.53 Å². The number of benzene rings is 1. The second-order valence-corrected chi connectivity index (χ2v) is 8.51. The Balaban J connectivity index is 2.37. The zero-order chi connectivity index (χ0) is 20.4. The summed E-state index contributed by atoms with van der Waals surface area (Å²) < 4.78 is 19.9. The highest BCUT2D eigenvalue weighted by Gasteiger charge is 2.36. The summed E-state index contributed by atoms with van der Waals surface area (Å²) in [4.78, 5) is 35.9. The van der Waals surface area contributed by atoms with Crippen LogP contribution in [0.2, 0.25) is 0 Å². The third-order valence-corrected chi connectivity index (χ3v) is 4.99. The normalized spacial score (nSPS) is 16.1. The molecule has 27 heavy (non-hydrogen) atoms. The lowest BCUT2D eigenvalue weighted by atomic mass is 9.74. The number of carbonyl (C=O) groups excluding carboxylic acids is 3. The average Bonchev–Trinajstić information content (AvgIpc) is 2.54. The molecule has 146 valence electrons. The summed E-state index contributed by atoms with van der Waals surface area (Å²) in [7, 11) is 2.55. The number of amides is 2. The van der Waals surface area contributed by atoms with E-state index >= 15 is 0 Å². The zero-order valence-corrected chi connectivity index (χ0v) is 16.9. The van der Waals surface area contributed by atoms with Gasteiger partial charge in [0.15, 0.2) is 5.78 Å². The van der Waals surface area contributed by atoms with E-state index in [0.717, 1.165) is 15.4 Å². The molecule has 0 unspecified atom stereocenters. The van der Waals surface area contributed by atoms with E-state index in [-0.39, 0.29) is 17.0 Å². The predicted octanol–water partition coefficient (Wildman–Crippen LogP) is 4.75. The summed E-state index contributed by atoms with van der Waals surface area (Å²) in [6.45, 7) is 5.75. The Morgan fingerprint density at radius 3 is 2.37 bits per heavy atom. The number of Topliss-reactive ketones (excluding diaryl/α,β-unsaturated/α-hetero) is 1. The number of hydrogen-bond donors (Lipinski definition) is 0. The van der Waals surface area contributed by atoms with Crippen LogP contribution in [0, 0.1) is 12.3 Å². The minimum atomic E-state index is -1.69. The first-order valence-electron chi connectivity index (χ1n) is 8.41. The van der Waals surface area contributed by atoms with Crippen LogP contribution >= 0.6 is 12.1 Å². The molecule has 0 aliphatic heterocycles. The Morgan fingerprint density at radius 2 is 1.78 bits per heavy atom. The van der Waals surface area contributed by atoms with Gasteiger partial charge in [0.25, 0.3) is 0 Å². The smallest absolute Gasteiger partial charge is 0.413 e. The summed E-state index contributed by atoms with van der Waals surface area (Å²) in [5.74, 6) is 0.201. The Morgan fingerprint density at radius 1 is 1.15 bits per heavy atom. The van der Waals surface area contributed by atoms with Gasteiger partial charge in [0.2, 0.25) is 0 Å². The first-order valence-corrected chi connectivity index (χ1v) is 9.14. The van der Waals surface area contributed by atoms with Crippen LogP contribution in [0.5, 0.6) is 0 Å². The molecular formula is C19H23FN2O4S. The highest BCUT2D eigenvalue weighted by Crippen LogP contribution is 2.41. The summed E-state index contributed by atoms with van der Waals surface area (Å²) in [5, 5.41) is 0. The van der Waals surface area contributed by atoms with Gasteiger partial charge in [-0.15, -0.1) is 4.39 Å². The third-order valence-electron chi connectivity index (χ3n) is 4.21. The number of hydrogen-bond acceptors (Lipinski definition) is 5. The molecule has 0 heterocycles. The molecule has 1 aromatic rings. The van der Waals surface area contributed by atoms with Crippen LogP contribution in [0.1, 0.15) is 37.8 Å². The van der Waals surface area contributed by atoms with Gasteiger partial charge in [0, 0.05) is 26.9 Å².